The number of nitrogens with zero attached hydrogens (tertiary/aromatic N) is 1. The molecule has 0 unspecified atom stereocenters. The highest BCUT2D eigenvalue weighted by atomic mass is 19.1. The van der Waals surface area contributed by atoms with E-state index >= 15 is 0 Å². The molecule has 8 heteroatoms. The van der Waals surface area contributed by atoms with E-state index in [0.717, 1.165) is 6.21 Å². The third kappa shape index (κ3) is 4.52. The number of esters is 2. The first-order valence-corrected chi connectivity index (χ1v) is 8.55. The van der Waals surface area contributed by atoms with E-state index in [0.29, 0.717) is 5.56 Å². The molecule has 0 bridgehead atoms. The smallest absolute Gasteiger partial charge is 0.338 e. The van der Waals surface area contributed by atoms with Crippen LogP contribution < -0.4 is 0 Å². The van der Waals surface area contributed by atoms with Gasteiger partial charge in [-0.3, -0.25) is 0 Å². The van der Waals surface area contributed by atoms with Crippen molar-refractivity contribution in [2.45, 2.75) is 24.5 Å². The Bertz CT molecular complexity index is 829. The van der Waals surface area contributed by atoms with Gasteiger partial charge < -0.3 is 19.4 Å². The Morgan fingerprint density at radius 1 is 1.04 bits per heavy atom. The molecule has 0 amide bonds. The summed E-state index contributed by atoms with van der Waals surface area (Å²) in [5, 5.41) is 11.6. The monoisotopic (exact) mass is 387 g/mol. The number of oxime groups is 1. The fourth-order valence-corrected chi connectivity index (χ4v) is 2.78. The van der Waals surface area contributed by atoms with E-state index < -0.39 is 36.4 Å². The summed E-state index contributed by atoms with van der Waals surface area (Å²) in [5.41, 5.74) is 0.560. The van der Waals surface area contributed by atoms with E-state index in [4.69, 9.17) is 19.4 Å². The Morgan fingerprint density at radius 2 is 1.61 bits per heavy atom. The first kappa shape index (κ1) is 19.5. The highest BCUT2D eigenvalue weighted by Crippen LogP contribution is 2.27. The van der Waals surface area contributed by atoms with E-state index in [1.165, 1.54) is 12.1 Å². The van der Waals surface area contributed by atoms with Gasteiger partial charge >= 0.3 is 11.9 Å². The number of ether oxygens (including phenoxy) is 3. The molecule has 1 N–H and O–H groups in total. The predicted molar refractivity (Wildman–Crippen MR) is 96.2 cm³/mol. The minimum atomic E-state index is -1.78. The highest BCUT2D eigenvalue weighted by molar-refractivity contribution is 5.90. The quantitative estimate of drug-likeness (QED) is 0.354. The molecule has 146 valence electrons. The predicted octanol–water partition coefficient (Wildman–Crippen LogP) is 2.63. The van der Waals surface area contributed by atoms with Gasteiger partial charge in [-0.1, -0.05) is 41.6 Å². The molecule has 2 aromatic carbocycles. The third-order valence-corrected chi connectivity index (χ3v) is 4.18. The van der Waals surface area contributed by atoms with Gasteiger partial charge in [-0.05, 0) is 24.3 Å². The molecule has 3 rings (SSSR count). The number of rotatable bonds is 6. The second-order valence-corrected chi connectivity index (χ2v) is 6.05. The van der Waals surface area contributed by atoms with Gasteiger partial charge in [-0.2, -0.15) is 0 Å². The maximum absolute atomic E-state index is 14.8. The second kappa shape index (κ2) is 9.09. The summed E-state index contributed by atoms with van der Waals surface area (Å²) in [6.45, 7) is -0.385. The van der Waals surface area contributed by atoms with Crippen molar-refractivity contribution in [2.75, 3.05) is 6.61 Å². The van der Waals surface area contributed by atoms with Gasteiger partial charge in [-0.25, -0.2) is 14.0 Å². The van der Waals surface area contributed by atoms with Crippen LogP contribution in [0.2, 0.25) is 0 Å². The zero-order valence-corrected chi connectivity index (χ0v) is 14.7. The number of hydrogen-bond donors (Lipinski definition) is 1. The maximum atomic E-state index is 14.8. The maximum Gasteiger partial charge on any atom is 0.338 e. The summed E-state index contributed by atoms with van der Waals surface area (Å²) in [4.78, 5) is 24.2. The van der Waals surface area contributed by atoms with Crippen molar-refractivity contribution in [3.63, 3.8) is 0 Å². The van der Waals surface area contributed by atoms with Crippen LogP contribution >= 0.6 is 0 Å². The molecule has 1 fully saturated rings. The number of benzene rings is 2. The normalized spacial score (nSPS) is 24.2. The molecule has 0 aromatic heterocycles. The summed E-state index contributed by atoms with van der Waals surface area (Å²) in [6, 6.07) is 16.3. The standard InChI is InChI=1S/C20H18FNO6/c21-17-16(12-26-19(23)13-7-3-1-4-8-13)27-15(11-22-25)18(17)28-20(24)14-9-5-2-6-10-14/h1-11,15-18,25H,12H2/b22-11-/t15-,16+,17-,18-/m0/s1. The van der Waals surface area contributed by atoms with E-state index in [1.54, 1.807) is 48.5 Å². The first-order chi connectivity index (χ1) is 13.6. The van der Waals surface area contributed by atoms with Crippen molar-refractivity contribution >= 4 is 18.2 Å². The van der Waals surface area contributed by atoms with Gasteiger partial charge in [0.15, 0.2) is 12.3 Å². The minimum absolute atomic E-state index is 0.244. The number of alkyl halides is 1. The molecule has 1 aliphatic rings. The van der Waals surface area contributed by atoms with Gasteiger partial charge in [0.05, 0.1) is 17.3 Å². The molecule has 4 atom stereocenters. The summed E-state index contributed by atoms with van der Waals surface area (Å²) >= 11 is 0. The lowest BCUT2D eigenvalue weighted by Gasteiger charge is -2.17. The molecular weight excluding hydrogens is 369 g/mol. The van der Waals surface area contributed by atoms with E-state index in [-0.39, 0.29) is 12.2 Å². The molecule has 0 spiro atoms. The Kier molecular flexibility index (Phi) is 6.33. The van der Waals surface area contributed by atoms with Crippen LogP contribution in [0.15, 0.2) is 65.8 Å². The molecule has 28 heavy (non-hydrogen) atoms. The summed E-state index contributed by atoms with van der Waals surface area (Å²) in [7, 11) is 0. The summed E-state index contributed by atoms with van der Waals surface area (Å²) < 4.78 is 30.5. The number of carbonyl (C=O) groups is 2. The molecule has 0 aliphatic carbocycles. The average molecular weight is 387 g/mol. The zero-order chi connectivity index (χ0) is 19.9. The van der Waals surface area contributed by atoms with Gasteiger partial charge in [0.2, 0.25) is 0 Å². The Morgan fingerprint density at radius 3 is 2.18 bits per heavy atom. The number of halogens is 1. The van der Waals surface area contributed by atoms with Crippen LogP contribution in [0.4, 0.5) is 4.39 Å². The zero-order valence-electron chi connectivity index (χ0n) is 14.7. The third-order valence-electron chi connectivity index (χ3n) is 4.18. The summed E-state index contributed by atoms with van der Waals surface area (Å²) in [6.07, 6.45) is -4.49. The lowest BCUT2D eigenvalue weighted by atomic mass is 10.1. The largest absolute Gasteiger partial charge is 0.459 e. The van der Waals surface area contributed by atoms with Crippen molar-refractivity contribution in [2.24, 2.45) is 5.16 Å². The highest BCUT2D eigenvalue weighted by Gasteiger charge is 2.47. The van der Waals surface area contributed by atoms with Gasteiger partial charge in [0.25, 0.3) is 0 Å². The fraction of sp³-hybridized carbons (Fsp3) is 0.250. The van der Waals surface area contributed by atoms with Crippen LogP contribution in [0.1, 0.15) is 20.7 Å². The van der Waals surface area contributed by atoms with Gasteiger partial charge in [-0.15, -0.1) is 0 Å². The SMILES string of the molecule is O=C(OC[C@H]1O[C@@H](/C=N\O)[C@H](OC(=O)c2ccccc2)[C@H]1F)c1ccccc1. The van der Waals surface area contributed by atoms with E-state index in [2.05, 4.69) is 5.16 Å². The van der Waals surface area contributed by atoms with Crippen LogP contribution in [-0.2, 0) is 14.2 Å². The topological polar surface area (TPSA) is 94.4 Å². The lowest BCUT2D eigenvalue weighted by molar-refractivity contribution is -0.00730. The Labute approximate surface area is 160 Å². The van der Waals surface area contributed by atoms with E-state index in [9.17, 15) is 14.0 Å². The van der Waals surface area contributed by atoms with Crippen LogP contribution in [0.25, 0.3) is 0 Å². The van der Waals surface area contributed by atoms with Crippen molar-refractivity contribution in [1.82, 2.24) is 0 Å². The van der Waals surface area contributed by atoms with Crippen molar-refractivity contribution in [3.8, 4) is 0 Å². The van der Waals surface area contributed by atoms with Crippen LogP contribution in [0.5, 0.6) is 0 Å². The Hall–Kier alpha value is -3.26. The Balaban J connectivity index is 1.64. The molecule has 1 heterocycles. The number of hydrogen-bond acceptors (Lipinski definition) is 7. The van der Waals surface area contributed by atoms with Gasteiger partial charge in [0, 0.05) is 0 Å². The second-order valence-electron chi connectivity index (χ2n) is 6.05. The average Bonchev–Trinajstić information content (AvgIpc) is 3.02. The van der Waals surface area contributed by atoms with Gasteiger partial charge in [0.1, 0.15) is 18.8 Å². The van der Waals surface area contributed by atoms with Crippen LogP contribution in [-0.4, -0.2) is 54.5 Å². The molecule has 7 nitrogen and oxygen atoms in total. The van der Waals surface area contributed by atoms with Crippen LogP contribution in [0, 0.1) is 0 Å². The van der Waals surface area contributed by atoms with E-state index in [1.807, 2.05) is 0 Å². The van der Waals surface area contributed by atoms with Crippen molar-refractivity contribution < 1.29 is 33.4 Å². The van der Waals surface area contributed by atoms with Crippen molar-refractivity contribution in [3.05, 3.63) is 71.8 Å². The molecule has 1 aliphatic heterocycles. The lowest BCUT2D eigenvalue weighted by Crippen LogP contribution is -2.36. The molecule has 0 radical (unpaired) electrons. The fourth-order valence-electron chi connectivity index (χ4n) is 2.78. The first-order valence-electron chi connectivity index (χ1n) is 8.55. The summed E-state index contributed by atoms with van der Waals surface area (Å²) in [5.74, 6) is -1.37. The molecule has 1 saturated heterocycles. The van der Waals surface area contributed by atoms with Crippen LogP contribution in [0.3, 0.4) is 0 Å². The van der Waals surface area contributed by atoms with Crippen molar-refractivity contribution in [1.29, 1.82) is 0 Å². The molecule has 2 aromatic rings. The minimum Gasteiger partial charge on any atom is -0.459 e. The number of carbonyl (C=O) groups excluding carboxylic acids is 2. The molecular formula is C20H18FNO6. The molecule has 0 saturated carbocycles.